The minimum Gasteiger partial charge on any atom is -1.00 e. The average molecular weight is 426 g/mol. The van der Waals surface area contributed by atoms with E-state index < -0.39 is 18.7 Å². The Morgan fingerprint density at radius 1 is 1.39 bits per heavy atom. The van der Waals surface area contributed by atoms with Crippen molar-refractivity contribution in [3.05, 3.63) is 35.6 Å². The Kier molecular flexibility index (Phi) is 6.60. The second-order valence-electron chi connectivity index (χ2n) is 5.13. The molecule has 0 radical (unpaired) electrons. The van der Waals surface area contributed by atoms with Crippen molar-refractivity contribution in [2.24, 2.45) is 0 Å². The summed E-state index contributed by atoms with van der Waals surface area (Å²) in [6, 6.07) is 0. The average Bonchev–Trinajstić information content (AvgIpc) is 2.79. The van der Waals surface area contributed by atoms with E-state index >= 15 is 0 Å². The van der Waals surface area contributed by atoms with Crippen molar-refractivity contribution >= 4 is 30.4 Å². The van der Waals surface area contributed by atoms with Gasteiger partial charge < -0.3 is 31.9 Å². The van der Waals surface area contributed by atoms with E-state index in [1.165, 1.54) is 18.7 Å². The summed E-state index contributed by atoms with van der Waals surface area (Å²) in [5, 5.41) is 7.02. The number of rotatable bonds is 5. The standard InChI is InChI=1S/C13H16NO6PS.BrH/c1-9(15)22-6-5-14-4-2-3-10-7-13(12(16)17,8-11(10)14)21(18,19)20;/h2-3,7-8H,4-6H2,1H3,(H,16,17)(H2,18,19,20);1H. The summed E-state index contributed by atoms with van der Waals surface area (Å²) in [6.07, 6.45) is 5.78. The first-order valence-electron chi connectivity index (χ1n) is 6.57. The quantitative estimate of drug-likeness (QED) is 0.338. The van der Waals surface area contributed by atoms with Gasteiger partial charge in [0.05, 0.1) is 12.3 Å². The number of allylic oxidation sites excluding steroid dienone is 1. The van der Waals surface area contributed by atoms with Gasteiger partial charge in [-0.15, -0.1) is 0 Å². The molecule has 2 unspecified atom stereocenters. The number of halogens is 1. The molecule has 0 spiro atoms. The van der Waals surface area contributed by atoms with E-state index in [2.05, 4.69) is 0 Å². The number of carboxylic acids is 1. The largest absolute Gasteiger partial charge is 1.00 e. The lowest BCUT2D eigenvalue weighted by molar-refractivity contribution is -0.850. The van der Waals surface area contributed by atoms with Crippen molar-refractivity contribution in [3.63, 3.8) is 0 Å². The smallest absolute Gasteiger partial charge is 0.350 e. The zero-order chi connectivity index (χ0) is 16.5. The van der Waals surface area contributed by atoms with E-state index in [0.29, 0.717) is 30.1 Å². The highest BCUT2D eigenvalue weighted by molar-refractivity contribution is 8.13. The fourth-order valence-electron chi connectivity index (χ4n) is 2.51. The third kappa shape index (κ3) is 4.04. The number of aliphatic carboxylic acids is 1. The van der Waals surface area contributed by atoms with E-state index in [-0.39, 0.29) is 22.1 Å². The monoisotopic (exact) mass is 425 g/mol. The molecule has 128 valence electrons. The molecule has 2 aliphatic rings. The molecular formula is C13H17BrNO6PS. The second-order valence-corrected chi connectivity index (χ2v) is 8.23. The number of thioether (sulfide) groups is 1. The van der Waals surface area contributed by atoms with Gasteiger partial charge in [-0.1, -0.05) is 11.8 Å². The van der Waals surface area contributed by atoms with Gasteiger partial charge in [0.2, 0.25) is 5.16 Å². The predicted octanol–water partition coefficient (Wildman–Crippen LogP) is -3.45. The highest BCUT2D eigenvalue weighted by Gasteiger charge is 2.55. The molecular weight excluding hydrogens is 409 g/mol. The minimum atomic E-state index is -4.90. The number of carbonyl (C=O) groups is 2. The van der Waals surface area contributed by atoms with Crippen molar-refractivity contribution in [1.82, 2.24) is 0 Å². The van der Waals surface area contributed by atoms with Crippen LogP contribution in [0.15, 0.2) is 35.6 Å². The number of fused-ring (bicyclic) bond motifs is 1. The van der Waals surface area contributed by atoms with Crippen LogP contribution >= 0.6 is 19.4 Å². The zero-order valence-corrected chi connectivity index (χ0v) is 15.5. The summed E-state index contributed by atoms with van der Waals surface area (Å²) in [7, 11) is -4.90. The number of quaternary nitrogens is 1. The van der Waals surface area contributed by atoms with E-state index in [1.807, 2.05) is 6.08 Å². The molecule has 0 aromatic heterocycles. The van der Waals surface area contributed by atoms with Crippen LogP contribution in [0.25, 0.3) is 0 Å². The van der Waals surface area contributed by atoms with Crippen LogP contribution in [0.1, 0.15) is 6.92 Å². The molecule has 1 aliphatic carbocycles. The predicted molar refractivity (Wildman–Crippen MR) is 81.6 cm³/mol. The van der Waals surface area contributed by atoms with Crippen LogP contribution in [0.5, 0.6) is 0 Å². The maximum atomic E-state index is 11.7. The van der Waals surface area contributed by atoms with Gasteiger partial charge in [-0.05, 0) is 18.2 Å². The third-order valence-electron chi connectivity index (χ3n) is 3.63. The Morgan fingerprint density at radius 2 is 2.04 bits per heavy atom. The van der Waals surface area contributed by atoms with Crippen molar-refractivity contribution in [2.75, 3.05) is 18.8 Å². The molecule has 0 saturated carbocycles. The molecule has 0 aromatic rings. The summed E-state index contributed by atoms with van der Waals surface area (Å²) >= 11 is 1.17. The molecule has 7 nitrogen and oxygen atoms in total. The van der Waals surface area contributed by atoms with Gasteiger partial charge in [0, 0.05) is 18.6 Å². The molecule has 0 fully saturated rings. The lowest BCUT2D eigenvalue weighted by Gasteiger charge is -2.23. The molecule has 4 N–H and O–H groups in total. The molecule has 1 aliphatic heterocycles. The Hall–Kier alpha value is -0.700. The Labute approximate surface area is 148 Å². The third-order valence-corrected chi connectivity index (χ3v) is 5.86. The second kappa shape index (κ2) is 7.46. The van der Waals surface area contributed by atoms with E-state index in [9.17, 15) is 29.0 Å². The molecule has 0 amide bonds. The van der Waals surface area contributed by atoms with Crippen molar-refractivity contribution in [3.8, 4) is 0 Å². The van der Waals surface area contributed by atoms with Crippen LogP contribution in [0.3, 0.4) is 0 Å². The summed E-state index contributed by atoms with van der Waals surface area (Å²) in [5.74, 6) is -1.01. The first-order chi connectivity index (χ1) is 10.2. The molecule has 2 atom stereocenters. The fraction of sp³-hybridized carbons (Fsp3) is 0.385. The first-order valence-corrected chi connectivity index (χ1v) is 9.17. The van der Waals surface area contributed by atoms with Crippen molar-refractivity contribution in [2.45, 2.75) is 12.1 Å². The first kappa shape index (κ1) is 20.3. The molecule has 2 rings (SSSR count). The van der Waals surface area contributed by atoms with E-state index in [0.717, 1.165) is 17.1 Å². The molecule has 0 bridgehead atoms. The Morgan fingerprint density at radius 3 is 2.57 bits per heavy atom. The SMILES string of the molecule is CC(=O)SCC[NH+]1CC=CC2=CC(C(=O)O)(P(=O)(O)O)C=C21.[Br-]. The van der Waals surface area contributed by atoms with E-state index in [4.69, 9.17) is 0 Å². The van der Waals surface area contributed by atoms with Crippen LogP contribution in [-0.2, 0) is 14.2 Å². The summed E-state index contributed by atoms with van der Waals surface area (Å²) in [6.45, 7) is 2.62. The van der Waals surface area contributed by atoms with Crippen LogP contribution in [0.2, 0.25) is 0 Å². The molecule has 23 heavy (non-hydrogen) atoms. The highest BCUT2D eigenvalue weighted by atomic mass is 79.9. The number of hydrogen-bond donors (Lipinski definition) is 4. The summed E-state index contributed by atoms with van der Waals surface area (Å²) < 4.78 is 11.7. The Bertz CT molecular complexity index is 655. The number of nitrogens with one attached hydrogen (secondary N) is 1. The number of carboxylic acid groups (broad SMARTS) is 1. The zero-order valence-electron chi connectivity index (χ0n) is 12.2. The van der Waals surface area contributed by atoms with Crippen LogP contribution < -0.4 is 21.9 Å². The summed E-state index contributed by atoms with van der Waals surface area (Å²) in [5.41, 5.74) is 1.08. The van der Waals surface area contributed by atoms with Gasteiger partial charge in [0.25, 0.3) is 0 Å². The van der Waals surface area contributed by atoms with Crippen LogP contribution in [0.4, 0.5) is 0 Å². The van der Waals surface area contributed by atoms with Gasteiger partial charge in [-0.25, -0.2) is 0 Å². The molecule has 0 aromatic carbocycles. The topological polar surface area (TPSA) is 116 Å². The maximum Gasteiger partial charge on any atom is 0.350 e. The summed E-state index contributed by atoms with van der Waals surface area (Å²) in [4.78, 5) is 42.3. The van der Waals surface area contributed by atoms with Crippen LogP contribution in [0, 0.1) is 0 Å². The van der Waals surface area contributed by atoms with Crippen molar-refractivity contribution < 1.29 is 50.9 Å². The van der Waals surface area contributed by atoms with Crippen LogP contribution in [-0.4, -0.2) is 50.0 Å². The van der Waals surface area contributed by atoms with E-state index in [1.54, 1.807) is 6.08 Å². The van der Waals surface area contributed by atoms with Crippen molar-refractivity contribution in [1.29, 1.82) is 0 Å². The fourth-order valence-corrected chi connectivity index (χ4v) is 4.00. The normalized spacial score (nSPS) is 26.0. The van der Waals surface area contributed by atoms with Gasteiger partial charge in [-0.2, -0.15) is 0 Å². The maximum absolute atomic E-state index is 11.7. The molecule has 1 heterocycles. The lowest BCUT2D eigenvalue weighted by atomic mass is 10.1. The molecule has 0 saturated heterocycles. The van der Waals surface area contributed by atoms with Gasteiger partial charge in [0.15, 0.2) is 5.12 Å². The van der Waals surface area contributed by atoms with Gasteiger partial charge >= 0.3 is 13.6 Å². The van der Waals surface area contributed by atoms with Gasteiger partial charge in [0.1, 0.15) is 12.2 Å². The number of carbonyl (C=O) groups excluding carboxylic acids is 1. The molecule has 10 heteroatoms. The minimum absolute atomic E-state index is 0. The lowest BCUT2D eigenvalue weighted by Crippen LogP contribution is -3.11. The number of hydrogen-bond acceptors (Lipinski definition) is 4. The highest BCUT2D eigenvalue weighted by Crippen LogP contribution is 2.55. The Balaban J connectivity index is 0.00000264. The van der Waals surface area contributed by atoms with Gasteiger partial charge in [-0.3, -0.25) is 19.1 Å².